The minimum atomic E-state index is -3.55. The minimum absolute atomic E-state index is 0.261. The van der Waals surface area contributed by atoms with E-state index in [1.54, 1.807) is 44.4 Å². The molecule has 176 valence electrons. The lowest BCUT2D eigenvalue weighted by Crippen LogP contribution is -2.29. The van der Waals surface area contributed by atoms with E-state index in [9.17, 15) is 13.2 Å². The van der Waals surface area contributed by atoms with Crippen LogP contribution in [0.15, 0.2) is 42.5 Å². The number of esters is 1. The molecule has 0 aliphatic rings. The number of rotatable bonds is 13. The van der Waals surface area contributed by atoms with Crippen molar-refractivity contribution in [3.05, 3.63) is 53.6 Å². The summed E-state index contributed by atoms with van der Waals surface area (Å²) in [5, 5.41) is 0. The Kier molecular flexibility index (Phi) is 9.80. The van der Waals surface area contributed by atoms with Crippen molar-refractivity contribution in [3.8, 4) is 17.2 Å². The molecule has 0 N–H and O–H groups in total. The van der Waals surface area contributed by atoms with Crippen molar-refractivity contribution in [3.63, 3.8) is 0 Å². The molecule has 9 heteroatoms. The molecule has 0 heterocycles. The van der Waals surface area contributed by atoms with Crippen LogP contribution in [0.5, 0.6) is 17.2 Å². The fourth-order valence-electron chi connectivity index (χ4n) is 2.99. The number of ether oxygens (including phenoxy) is 4. The van der Waals surface area contributed by atoms with E-state index in [2.05, 4.69) is 0 Å². The third kappa shape index (κ3) is 8.39. The number of hydrogen-bond acceptors (Lipinski definition) is 8. The number of carbonyl (C=O) groups is 1. The molecule has 0 spiro atoms. The first-order chi connectivity index (χ1) is 15.3. The zero-order valence-corrected chi connectivity index (χ0v) is 19.6. The molecule has 0 aliphatic heterocycles. The molecular formula is C23H30O8S. The second kappa shape index (κ2) is 12.3. The molecule has 2 aromatic rings. The summed E-state index contributed by atoms with van der Waals surface area (Å²) < 4.78 is 49.2. The first-order valence-corrected chi connectivity index (χ1v) is 12.1. The molecule has 2 aromatic carbocycles. The molecule has 0 radical (unpaired) electrons. The normalized spacial score (nSPS) is 12.1. The second-order valence-electron chi connectivity index (χ2n) is 6.92. The molecule has 0 saturated carbocycles. The molecule has 1 unspecified atom stereocenters. The Bertz CT molecular complexity index is 970. The highest BCUT2D eigenvalue weighted by Gasteiger charge is 2.21. The monoisotopic (exact) mass is 466 g/mol. The summed E-state index contributed by atoms with van der Waals surface area (Å²) in [6.07, 6.45) is 1.26. The van der Waals surface area contributed by atoms with Crippen LogP contribution in [0.25, 0.3) is 0 Å². The predicted molar refractivity (Wildman–Crippen MR) is 120 cm³/mol. The van der Waals surface area contributed by atoms with Crippen molar-refractivity contribution in [2.45, 2.75) is 32.8 Å². The minimum Gasteiger partial charge on any atom is -0.493 e. The van der Waals surface area contributed by atoms with Gasteiger partial charge in [0.15, 0.2) is 17.6 Å². The first kappa shape index (κ1) is 25.5. The number of methoxy groups -OCH3 is 1. The van der Waals surface area contributed by atoms with Gasteiger partial charge in [0.25, 0.3) is 0 Å². The van der Waals surface area contributed by atoms with Gasteiger partial charge in [-0.1, -0.05) is 18.2 Å². The zero-order chi connectivity index (χ0) is 23.6. The van der Waals surface area contributed by atoms with Crippen LogP contribution in [0.2, 0.25) is 0 Å². The molecule has 0 amide bonds. The molecule has 0 saturated heterocycles. The van der Waals surface area contributed by atoms with Crippen molar-refractivity contribution in [2.24, 2.45) is 0 Å². The Labute approximate surface area is 189 Å². The zero-order valence-electron chi connectivity index (χ0n) is 18.8. The molecule has 8 nitrogen and oxygen atoms in total. The van der Waals surface area contributed by atoms with Crippen molar-refractivity contribution >= 4 is 16.1 Å². The Hall–Kier alpha value is -2.78. The number of hydrogen-bond donors (Lipinski definition) is 0. The van der Waals surface area contributed by atoms with Gasteiger partial charge >= 0.3 is 16.1 Å². The van der Waals surface area contributed by atoms with Gasteiger partial charge in [0.1, 0.15) is 5.75 Å². The average molecular weight is 467 g/mol. The van der Waals surface area contributed by atoms with E-state index >= 15 is 0 Å². The van der Waals surface area contributed by atoms with Crippen LogP contribution in [0.1, 0.15) is 25.0 Å². The summed E-state index contributed by atoms with van der Waals surface area (Å²) >= 11 is 0. The summed E-state index contributed by atoms with van der Waals surface area (Å²) in [6.45, 7) is 4.65. The topological polar surface area (TPSA) is 97.4 Å². The van der Waals surface area contributed by atoms with Gasteiger partial charge in [0, 0.05) is 19.4 Å². The highest BCUT2D eigenvalue weighted by atomic mass is 32.2. The van der Waals surface area contributed by atoms with Gasteiger partial charge in [-0.3, -0.25) is 0 Å². The predicted octanol–water partition coefficient (Wildman–Crippen LogP) is 3.17. The molecule has 2 rings (SSSR count). The highest BCUT2D eigenvalue weighted by Crippen LogP contribution is 2.29. The maximum absolute atomic E-state index is 12.1. The van der Waals surface area contributed by atoms with E-state index in [-0.39, 0.29) is 5.75 Å². The largest absolute Gasteiger partial charge is 0.493 e. The molecule has 1 atom stereocenters. The average Bonchev–Trinajstić information content (AvgIpc) is 2.74. The van der Waals surface area contributed by atoms with Crippen molar-refractivity contribution in [2.75, 3.05) is 33.2 Å². The fraction of sp³-hybridized carbons (Fsp3) is 0.435. The number of carbonyl (C=O) groups excluding carboxylic acids is 1. The van der Waals surface area contributed by atoms with Gasteiger partial charge in [-0.15, -0.1) is 0 Å². The van der Waals surface area contributed by atoms with Crippen molar-refractivity contribution in [1.82, 2.24) is 0 Å². The van der Waals surface area contributed by atoms with Gasteiger partial charge in [-0.05, 0) is 49.2 Å². The standard InChI is InChI=1S/C23H30O8S/c1-5-28-22(23(24)29-6-2)16-18-9-12-20(27-3)21(15-18)30-14-13-17-7-10-19(11-8-17)31-32(4,25)26/h7-12,15,22H,5-6,13-14,16H2,1-4H3. The van der Waals surface area contributed by atoms with Crippen LogP contribution >= 0.6 is 0 Å². The Morgan fingerprint density at radius 3 is 2.25 bits per heavy atom. The van der Waals surface area contributed by atoms with Gasteiger partial charge in [-0.2, -0.15) is 8.42 Å². The van der Waals surface area contributed by atoms with Gasteiger partial charge in [0.2, 0.25) is 0 Å². The quantitative estimate of drug-likeness (QED) is 0.328. The number of benzene rings is 2. The van der Waals surface area contributed by atoms with E-state index in [4.69, 9.17) is 23.1 Å². The van der Waals surface area contributed by atoms with Crippen LogP contribution in [0.4, 0.5) is 0 Å². The van der Waals surface area contributed by atoms with Crippen molar-refractivity contribution in [1.29, 1.82) is 0 Å². The first-order valence-electron chi connectivity index (χ1n) is 10.3. The molecule has 0 aromatic heterocycles. The third-order valence-corrected chi connectivity index (χ3v) is 4.88. The SMILES string of the molecule is CCOC(=O)C(Cc1ccc(OC)c(OCCc2ccc(OS(C)(=O)=O)cc2)c1)OCC. The van der Waals surface area contributed by atoms with Gasteiger partial charge in [0.05, 0.1) is 26.6 Å². The second-order valence-corrected chi connectivity index (χ2v) is 8.49. The van der Waals surface area contributed by atoms with E-state index in [1.165, 1.54) is 0 Å². The summed E-state index contributed by atoms with van der Waals surface area (Å²) in [6, 6.07) is 12.2. The summed E-state index contributed by atoms with van der Waals surface area (Å²) in [5.74, 6) is 1.00. The molecule has 0 bridgehead atoms. The maximum Gasteiger partial charge on any atom is 0.335 e. The van der Waals surface area contributed by atoms with Gasteiger partial charge in [-0.25, -0.2) is 4.79 Å². The molecule has 0 fully saturated rings. The Morgan fingerprint density at radius 2 is 1.66 bits per heavy atom. The van der Waals surface area contributed by atoms with Crippen LogP contribution in [0.3, 0.4) is 0 Å². The maximum atomic E-state index is 12.1. The molecular weight excluding hydrogens is 436 g/mol. The van der Waals surface area contributed by atoms with E-state index in [0.29, 0.717) is 44.2 Å². The summed E-state index contributed by atoms with van der Waals surface area (Å²) in [5.41, 5.74) is 1.81. The Morgan fingerprint density at radius 1 is 0.969 bits per heavy atom. The van der Waals surface area contributed by atoms with E-state index in [1.807, 2.05) is 19.1 Å². The lowest BCUT2D eigenvalue weighted by Gasteiger charge is -2.17. The molecule has 0 aliphatic carbocycles. The Balaban J connectivity index is 2.02. The third-order valence-electron chi connectivity index (χ3n) is 4.39. The van der Waals surface area contributed by atoms with Crippen LogP contribution in [-0.2, 0) is 37.2 Å². The highest BCUT2D eigenvalue weighted by molar-refractivity contribution is 7.86. The summed E-state index contributed by atoms with van der Waals surface area (Å²) in [4.78, 5) is 12.1. The smallest absolute Gasteiger partial charge is 0.335 e. The fourth-order valence-corrected chi connectivity index (χ4v) is 3.45. The summed E-state index contributed by atoms with van der Waals surface area (Å²) in [7, 11) is -1.99. The van der Waals surface area contributed by atoms with E-state index < -0.39 is 22.2 Å². The van der Waals surface area contributed by atoms with Crippen LogP contribution in [0, 0.1) is 0 Å². The van der Waals surface area contributed by atoms with Crippen molar-refractivity contribution < 1.29 is 36.3 Å². The van der Waals surface area contributed by atoms with Crippen LogP contribution in [-0.4, -0.2) is 53.7 Å². The lowest BCUT2D eigenvalue weighted by atomic mass is 10.1. The van der Waals surface area contributed by atoms with Gasteiger partial charge < -0.3 is 23.1 Å². The molecule has 32 heavy (non-hydrogen) atoms. The van der Waals surface area contributed by atoms with Crippen LogP contribution < -0.4 is 13.7 Å². The van der Waals surface area contributed by atoms with E-state index in [0.717, 1.165) is 17.4 Å². The lowest BCUT2D eigenvalue weighted by molar-refractivity contribution is -0.156.